The summed E-state index contributed by atoms with van der Waals surface area (Å²) in [6.07, 6.45) is 0. The Hall–Kier alpha value is -1.37. The van der Waals surface area contributed by atoms with Crippen LogP contribution in [0.4, 0.5) is 0 Å². The maximum Gasteiger partial charge on any atom is 0.245 e. The van der Waals surface area contributed by atoms with Crippen LogP contribution >= 0.6 is 11.8 Å². The maximum absolute atomic E-state index is 8.85. The van der Waals surface area contributed by atoms with E-state index in [0.29, 0.717) is 11.6 Å². The van der Waals surface area contributed by atoms with Crippen molar-refractivity contribution in [3.05, 3.63) is 42.0 Å². The number of aliphatic hydroxyl groups excluding tert-OH is 1. The highest BCUT2D eigenvalue weighted by Gasteiger charge is 2.13. The van der Waals surface area contributed by atoms with Crippen LogP contribution in [0.25, 0.3) is 0 Å². The van der Waals surface area contributed by atoms with Crippen LogP contribution in [-0.4, -0.2) is 21.9 Å². The highest BCUT2D eigenvalue weighted by atomic mass is 32.2. The molecule has 90 valence electrons. The number of nitrogens with zero attached hydrogens (tertiary/aromatic N) is 2. The Bertz CT molecular complexity index is 461. The molecule has 2 rings (SSSR count). The predicted octanol–water partition coefficient (Wildman–Crippen LogP) is 1.35. The number of aromatic nitrogens is 2. The van der Waals surface area contributed by atoms with Gasteiger partial charge in [-0.25, -0.2) is 0 Å². The lowest BCUT2D eigenvalue weighted by atomic mass is 10.3. The summed E-state index contributed by atoms with van der Waals surface area (Å²) in [5, 5.41) is 12.6. The highest BCUT2D eigenvalue weighted by Crippen LogP contribution is 2.21. The molecule has 0 saturated carbocycles. The Balaban J connectivity index is 1.94. The summed E-state index contributed by atoms with van der Waals surface area (Å²) >= 11 is 1.62. The fourth-order valence-electron chi connectivity index (χ4n) is 1.22. The van der Waals surface area contributed by atoms with Crippen molar-refractivity contribution >= 4 is 11.8 Å². The van der Waals surface area contributed by atoms with Gasteiger partial charge in [-0.3, -0.25) is 0 Å². The Morgan fingerprint density at radius 3 is 2.82 bits per heavy atom. The second-order valence-corrected chi connectivity index (χ2v) is 4.49. The van der Waals surface area contributed by atoms with Crippen LogP contribution in [-0.2, 0) is 5.75 Å². The van der Waals surface area contributed by atoms with Gasteiger partial charge in [0.2, 0.25) is 5.89 Å². The lowest BCUT2D eigenvalue weighted by molar-refractivity contribution is 0.236. The fourth-order valence-corrected chi connectivity index (χ4v) is 1.98. The summed E-state index contributed by atoms with van der Waals surface area (Å²) in [6.45, 7) is -0.201. The lowest BCUT2D eigenvalue weighted by Crippen LogP contribution is -2.14. The molecule has 0 fully saturated rings. The molecule has 6 heteroatoms. The van der Waals surface area contributed by atoms with Crippen molar-refractivity contribution in [3.8, 4) is 0 Å². The number of hydrogen-bond acceptors (Lipinski definition) is 6. The number of nitrogens with two attached hydrogens (primary N) is 1. The minimum Gasteiger partial charge on any atom is -0.394 e. The number of thioether (sulfide) groups is 1. The number of aliphatic hydroxyl groups is 1. The van der Waals surface area contributed by atoms with Gasteiger partial charge in [0.25, 0.3) is 0 Å². The van der Waals surface area contributed by atoms with Crippen LogP contribution in [0.5, 0.6) is 0 Å². The zero-order valence-electron chi connectivity index (χ0n) is 9.11. The topological polar surface area (TPSA) is 85.2 Å². The van der Waals surface area contributed by atoms with E-state index in [2.05, 4.69) is 10.1 Å². The maximum atomic E-state index is 8.85. The summed E-state index contributed by atoms with van der Waals surface area (Å²) in [7, 11) is 0. The van der Waals surface area contributed by atoms with E-state index in [-0.39, 0.29) is 12.5 Å². The second kappa shape index (κ2) is 5.81. The van der Waals surface area contributed by atoms with E-state index in [1.807, 2.05) is 30.3 Å². The van der Waals surface area contributed by atoms with Crippen LogP contribution in [0.15, 0.2) is 39.8 Å². The molecule has 1 aromatic heterocycles. The summed E-state index contributed by atoms with van der Waals surface area (Å²) in [4.78, 5) is 5.26. The summed E-state index contributed by atoms with van der Waals surface area (Å²) < 4.78 is 4.95. The van der Waals surface area contributed by atoms with Gasteiger partial charge in [0.15, 0.2) is 5.82 Å². The Kier molecular flexibility index (Phi) is 4.13. The van der Waals surface area contributed by atoms with Gasteiger partial charge < -0.3 is 15.4 Å². The van der Waals surface area contributed by atoms with Crippen molar-refractivity contribution in [1.29, 1.82) is 0 Å². The molecule has 0 aliphatic rings. The van der Waals surface area contributed by atoms with E-state index in [1.165, 1.54) is 0 Å². The minimum absolute atomic E-state index is 0.201. The van der Waals surface area contributed by atoms with Gasteiger partial charge >= 0.3 is 0 Å². The third kappa shape index (κ3) is 3.29. The molecular weight excluding hydrogens is 238 g/mol. The molecule has 0 saturated heterocycles. The molecule has 0 aliphatic carbocycles. The van der Waals surface area contributed by atoms with Gasteiger partial charge in [-0.1, -0.05) is 23.4 Å². The molecule has 0 amide bonds. The molecule has 1 aromatic carbocycles. The smallest absolute Gasteiger partial charge is 0.245 e. The van der Waals surface area contributed by atoms with Crippen molar-refractivity contribution in [2.24, 2.45) is 5.73 Å². The molecular formula is C11H13N3O2S. The van der Waals surface area contributed by atoms with Crippen LogP contribution in [0.3, 0.4) is 0 Å². The standard InChI is InChI=1S/C11H13N3O2S/c12-9(6-15)11-13-10(14-16-11)7-17-8-4-2-1-3-5-8/h1-5,9,15H,6-7,12H2/t9-/m1/s1. The molecule has 0 radical (unpaired) electrons. The largest absolute Gasteiger partial charge is 0.394 e. The highest BCUT2D eigenvalue weighted by molar-refractivity contribution is 7.98. The first-order valence-electron chi connectivity index (χ1n) is 5.16. The van der Waals surface area contributed by atoms with Crippen molar-refractivity contribution in [1.82, 2.24) is 10.1 Å². The number of rotatable bonds is 5. The Morgan fingerprint density at radius 2 is 2.12 bits per heavy atom. The molecule has 5 nitrogen and oxygen atoms in total. The molecule has 17 heavy (non-hydrogen) atoms. The van der Waals surface area contributed by atoms with Gasteiger partial charge in [-0.2, -0.15) is 4.98 Å². The van der Waals surface area contributed by atoms with Crippen molar-refractivity contribution in [2.45, 2.75) is 16.7 Å². The zero-order valence-corrected chi connectivity index (χ0v) is 9.93. The van der Waals surface area contributed by atoms with Crippen molar-refractivity contribution in [2.75, 3.05) is 6.61 Å². The first kappa shape index (κ1) is 12.1. The quantitative estimate of drug-likeness (QED) is 0.780. The van der Waals surface area contributed by atoms with E-state index in [4.69, 9.17) is 15.4 Å². The minimum atomic E-state index is -0.599. The summed E-state index contributed by atoms with van der Waals surface area (Å²) in [5.74, 6) is 1.47. The second-order valence-electron chi connectivity index (χ2n) is 3.44. The molecule has 0 bridgehead atoms. The van der Waals surface area contributed by atoms with E-state index < -0.39 is 6.04 Å². The molecule has 0 unspecified atom stereocenters. The van der Waals surface area contributed by atoms with E-state index in [1.54, 1.807) is 11.8 Å². The van der Waals surface area contributed by atoms with E-state index in [0.717, 1.165) is 4.90 Å². The first-order valence-corrected chi connectivity index (χ1v) is 6.15. The molecule has 0 aliphatic heterocycles. The predicted molar refractivity (Wildman–Crippen MR) is 64.3 cm³/mol. The van der Waals surface area contributed by atoms with Gasteiger partial charge in [0.1, 0.15) is 6.04 Å². The molecule has 1 atom stereocenters. The third-order valence-corrected chi connectivity index (χ3v) is 3.12. The molecule has 1 heterocycles. The third-order valence-electron chi connectivity index (χ3n) is 2.11. The van der Waals surface area contributed by atoms with Crippen LogP contribution < -0.4 is 5.73 Å². The monoisotopic (exact) mass is 251 g/mol. The van der Waals surface area contributed by atoms with Gasteiger partial charge in [0.05, 0.1) is 12.4 Å². The Labute approximate surface area is 103 Å². The van der Waals surface area contributed by atoms with Crippen LogP contribution in [0.1, 0.15) is 17.8 Å². The van der Waals surface area contributed by atoms with Crippen molar-refractivity contribution in [3.63, 3.8) is 0 Å². The normalized spacial score (nSPS) is 12.6. The zero-order chi connectivity index (χ0) is 12.1. The molecule has 3 N–H and O–H groups in total. The van der Waals surface area contributed by atoms with Gasteiger partial charge in [-0.05, 0) is 12.1 Å². The fraction of sp³-hybridized carbons (Fsp3) is 0.273. The summed E-state index contributed by atoms with van der Waals surface area (Å²) in [5.41, 5.74) is 5.56. The average Bonchev–Trinajstić information content (AvgIpc) is 2.85. The van der Waals surface area contributed by atoms with E-state index >= 15 is 0 Å². The van der Waals surface area contributed by atoms with E-state index in [9.17, 15) is 0 Å². The first-order chi connectivity index (χ1) is 8.29. The molecule has 2 aromatic rings. The Morgan fingerprint density at radius 1 is 1.35 bits per heavy atom. The van der Waals surface area contributed by atoms with Crippen LogP contribution in [0, 0.1) is 0 Å². The number of benzene rings is 1. The van der Waals surface area contributed by atoms with Gasteiger partial charge in [0, 0.05) is 4.90 Å². The lowest BCUT2D eigenvalue weighted by Gasteiger charge is -1.98. The summed E-state index contributed by atoms with van der Waals surface area (Å²) in [6, 6.07) is 9.36. The molecule has 0 spiro atoms. The van der Waals surface area contributed by atoms with Gasteiger partial charge in [-0.15, -0.1) is 11.8 Å². The van der Waals surface area contributed by atoms with Crippen molar-refractivity contribution < 1.29 is 9.63 Å². The average molecular weight is 251 g/mol. The number of hydrogen-bond donors (Lipinski definition) is 2. The van der Waals surface area contributed by atoms with Crippen LogP contribution in [0.2, 0.25) is 0 Å². The SMILES string of the molecule is N[C@H](CO)c1nc(CSc2ccccc2)no1.